The summed E-state index contributed by atoms with van der Waals surface area (Å²) in [5.41, 5.74) is 0. The van der Waals surface area contributed by atoms with E-state index in [2.05, 4.69) is 10.6 Å². The minimum atomic E-state index is 0.138. The summed E-state index contributed by atoms with van der Waals surface area (Å²) in [6.07, 6.45) is 2.75. The van der Waals surface area contributed by atoms with Crippen LogP contribution in [0.4, 0.5) is 0 Å². The van der Waals surface area contributed by atoms with Crippen molar-refractivity contribution in [2.24, 2.45) is 0 Å². The molecule has 1 atom stereocenters. The minimum Gasteiger partial charge on any atom is -0.486 e. The zero-order chi connectivity index (χ0) is 15.2. The topological polar surface area (TPSA) is 59.6 Å². The zero-order valence-electron chi connectivity index (χ0n) is 12.6. The maximum Gasteiger partial charge on any atom is 0.221 e. The number of benzene rings is 1. The van der Waals surface area contributed by atoms with Gasteiger partial charge in [0.25, 0.3) is 0 Å². The van der Waals surface area contributed by atoms with Gasteiger partial charge < -0.3 is 20.1 Å². The molecule has 6 heteroatoms. The molecule has 1 aromatic carbocycles. The number of fused-ring (bicyclic) bond motifs is 1. The highest BCUT2D eigenvalue weighted by Gasteiger charge is 2.15. The van der Waals surface area contributed by atoms with E-state index in [1.807, 2.05) is 18.2 Å². The van der Waals surface area contributed by atoms with Gasteiger partial charge in [-0.15, -0.1) is 11.8 Å². The lowest BCUT2D eigenvalue weighted by atomic mass is 10.1. The summed E-state index contributed by atoms with van der Waals surface area (Å²) in [6, 6.07) is 6.23. The van der Waals surface area contributed by atoms with Gasteiger partial charge in [-0.3, -0.25) is 4.79 Å². The van der Waals surface area contributed by atoms with Crippen molar-refractivity contribution >= 4 is 17.7 Å². The van der Waals surface area contributed by atoms with Crippen LogP contribution in [0.25, 0.3) is 0 Å². The second-order valence-corrected chi connectivity index (χ2v) is 6.68. The lowest BCUT2D eigenvalue weighted by molar-refractivity contribution is -0.121. The molecule has 0 radical (unpaired) electrons. The summed E-state index contributed by atoms with van der Waals surface area (Å²) in [4.78, 5) is 13.0. The van der Waals surface area contributed by atoms with Gasteiger partial charge in [-0.05, 0) is 37.6 Å². The fourth-order valence-corrected chi connectivity index (χ4v) is 3.53. The molecule has 0 saturated carbocycles. The monoisotopic (exact) mass is 322 g/mol. The fraction of sp³-hybridized carbons (Fsp3) is 0.562. The highest BCUT2D eigenvalue weighted by atomic mass is 32.2. The van der Waals surface area contributed by atoms with Crippen LogP contribution in [0.5, 0.6) is 11.5 Å². The Balaban J connectivity index is 1.41. The predicted octanol–water partition coefficient (Wildman–Crippen LogP) is 1.81. The Morgan fingerprint density at radius 3 is 3.00 bits per heavy atom. The summed E-state index contributed by atoms with van der Waals surface area (Å²) in [5, 5.41) is 6.40. The molecule has 1 saturated heterocycles. The number of carbonyl (C=O) groups is 1. The molecule has 22 heavy (non-hydrogen) atoms. The molecule has 3 rings (SSSR count). The molecular weight excluding hydrogens is 300 g/mol. The Labute approximate surface area is 135 Å². The number of carbonyl (C=O) groups excluding carboxylic acids is 1. The first kappa shape index (κ1) is 15.5. The SMILES string of the molecule is O=C(CCSc1ccc2c(c1)OCCO2)N[C@H]1CCCNC1. The van der Waals surface area contributed by atoms with Crippen molar-refractivity contribution in [1.82, 2.24) is 10.6 Å². The zero-order valence-corrected chi connectivity index (χ0v) is 13.4. The quantitative estimate of drug-likeness (QED) is 0.810. The third-order valence-electron chi connectivity index (χ3n) is 3.77. The van der Waals surface area contributed by atoms with E-state index >= 15 is 0 Å². The third-order valence-corrected chi connectivity index (χ3v) is 4.77. The number of rotatable bonds is 5. The molecule has 1 fully saturated rings. The summed E-state index contributed by atoms with van der Waals surface area (Å²) < 4.78 is 11.1. The Hall–Kier alpha value is -1.40. The molecule has 0 aromatic heterocycles. The van der Waals surface area contributed by atoms with Gasteiger partial charge in [0.15, 0.2) is 11.5 Å². The smallest absolute Gasteiger partial charge is 0.221 e. The van der Waals surface area contributed by atoms with Crippen LogP contribution in [0.2, 0.25) is 0 Å². The van der Waals surface area contributed by atoms with Gasteiger partial charge in [-0.2, -0.15) is 0 Å². The normalized spacial score (nSPS) is 20.5. The first-order valence-electron chi connectivity index (χ1n) is 7.84. The molecule has 5 nitrogen and oxygen atoms in total. The summed E-state index contributed by atoms with van der Waals surface area (Å²) in [7, 11) is 0. The van der Waals surface area contributed by atoms with Gasteiger partial charge in [-0.1, -0.05) is 0 Å². The van der Waals surface area contributed by atoms with E-state index in [0.717, 1.165) is 48.1 Å². The van der Waals surface area contributed by atoms with Gasteiger partial charge >= 0.3 is 0 Å². The number of hydrogen-bond donors (Lipinski definition) is 2. The fourth-order valence-electron chi connectivity index (χ4n) is 2.65. The average molecular weight is 322 g/mol. The standard InChI is InChI=1S/C16H22N2O3S/c19-16(18-12-2-1-6-17-11-12)5-9-22-13-3-4-14-15(10-13)21-8-7-20-14/h3-4,10,12,17H,1-2,5-9,11H2,(H,18,19)/t12-/m0/s1. The van der Waals surface area contributed by atoms with Crippen molar-refractivity contribution in [3.8, 4) is 11.5 Å². The molecule has 0 spiro atoms. The molecule has 1 amide bonds. The van der Waals surface area contributed by atoms with Crippen LogP contribution < -0.4 is 20.1 Å². The molecule has 120 valence electrons. The van der Waals surface area contributed by atoms with E-state index in [0.29, 0.717) is 25.7 Å². The van der Waals surface area contributed by atoms with Crippen molar-refractivity contribution in [3.63, 3.8) is 0 Å². The highest BCUT2D eigenvalue weighted by Crippen LogP contribution is 2.34. The molecule has 0 aliphatic carbocycles. The minimum absolute atomic E-state index is 0.138. The van der Waals surface area contributed by atoms with Crippen LogP contribution in [-0.4, -0.2) is 44.0 Å². The van der Waals surface area contributed by atoms with Crippen molar-refractivity contribution in [1.29, 1.82) is 0 Å². The maximum atomic E-state index is 11.9. The number of nitrogens with one attached hydrogen (secondary N) is 2. The first-order valence-corrected chi connectivity index (χ1v) is 8.82. The molecule has 2 heterocycles. The maximum absolute atomic E-state index is 11.9. The predicted molar refractivity (Wildman–Crippen MR) is 86.8 cm³/mol. The number of piperidine rings is 1. The van der Waals surface area contributed by atoms with E-state index in [4.69, 9.17) is 9.47 Å². The Kier molecular flexibility index (Phi) is 5.45. The Morgan fingerprint density at radius 1 is 1.32 bits per heavy atom. The lowest BCUT2D eigenvalue weighted by Gasteiger charge is -2.23. The van der Waals surface area contributed by atoms with E-state index in [1.54, 1.807) is 11.8 Å². The van der Waals surface area contributed by atoms with E-state index < -0.39 is 0 Å². The van der Waals surface area contributed by atoms with E-state index in [1.165, 1.54) is 0 Å². The van der Waals surface area contributed by atoms with Crippen molar-refractivity contribution in [2.75, 3.05) is 32.1 Å². The van der Waals surface area contributed by atoms with Crippen molar-refractivity contribution in [2.45, 2.75) is 30.2 Å². The average Bonchev–Trinajstić information content (AvgIpc) is 2.55. The van der Waals surface area contributed by atoms with Crippen molar-refractivity contribution in [3.05, 3.63) is 18.2 Å². The molecule has 0 unspecified atom stereocenters. The second-order valence-electron chi connectivity index (χ2n) is 5.51. The molecule has 2 aliphatic rings. The molecule has 2 aliphatic heterocycles. The van der Waals surface area contributed by atoms with Crippen molar-refractivity contribution < 1.29 is 14.3 Å². The Bertz CT molecular complexity index is 518. The van der Waals surface area contributed by atoms with Gasteiger partial charge in [0.05, 0.1) is 0 Å². The number of amides is 1. The van der Waals surface area contributed by atoms with Crippen LogP contribution in [0, 0.1) is 0 Å². The number of thioether (sulfide) groups is 1. The van der Waals surface area contributed by atoms with Crippen LogP contribution in [0.1, 0.15) is 19.3 Å². The van der Waals surface area contributed by atoms with E-state index in [-0.39, 0.29) is 5.91 Å². The largest absolute Gasteiger partial charge is 0.486 e. The van der Waals surface area contributed by atoms with Crippen LogP contribution in [0.3, 0.4) is 0 Å². The number of ether oxygens (including phenoxy) is 2. The summed E-state index contributed by atoms with van der Waals surface area (Å²) in [5.74, 6) is 2.51. The van der Waals surface area contributed by atoms with Gasteiger partial charge in [-0.25, -0.2) is 0 Å². The van der Waals surface area contributed by atoms with Gasteiger partial charge in [0, 0.05) is 29.7 Å². The molecule has 2 N–H and O–H groups in total. The molecule has 0 bridgehead atoms. The lowest BCUT2D eigenvalue weighted by Crippen LogP contribution is -2.45. The second kappa shape index (κ2) is 7.74. The third kappa shape index (κ3) is 4.30. The summed E-state index contributed by atoms with van der Waals surface area (Å²) >= 11 is 1.67. The van der Waals surface area contributed by atoms with Crippen LogP contribution in [-0.2, 0) is 4.79 Å². The number of hydrogen-bond acceptors (Lipinski definition) is 5. The summed E-state index contributed by atoms with van der Waals surface area (Å²) in [6.45, 7) is 3.15. The van der Waals surface area contributed by atoms with E-state index in [9.17, 15) is 4.79 Å². The van der Waals surface area contributed by atoms with Crippen LogP contribution in [0.15, 0.2) is 23.1 Å². The molecule has 1 aromatic rings. The Morgan fingerprint density at radius 2 is 2.18 bits per heavy atom. The van der Waals surface area contributed by atoms with Gasteiger partial charge in [0.2, 0.25) is 5.91 Å². The molecular formula is C16H22N2O3S. The van der Waals surface area contributed by atoms with Crippen LogP contribution >= 0.6 is 11.8 Å². The first-order chi connectivity index (χ1) is 10.8. The highest BCUT2D eigenvalue weighted by molar-refractivity contribution is 7.99. The van der Waals surface area contributed by atoms with Gasteiger partial charge in [0.1, 0.15) is 13.2 Å².